The first-order valence-electron chi connectivity index (χ1n) is 7.91. The molecule has 0 bridgehead atoms. The molecule has 22 heavy (non-hydrogen) atoms. The van der Waals surface area contributed by atoms with Crippen molar-refractivity contribution in [3.05, 3.63) is 30.5 Å². The standard InChI is InChI=1S/C17H22N4O/c18-17-19-11-15(21-17)13-6-3-7-14(10-13)20-16(22)9-8-12-4-1-2-5-12/h3,6-7,10-12H,1-2,4-5,8-9H2,(H,20,22)(H3,18,19,21). The summed E-state index contributed by atoms with van der Waals surface area (Å²) < 4.78 is 0. The van der Waals surface area contributed by atoms with E-state index in [1.165, 1.54) is 25.7 Å². The number of amides is 1. The molecule has 116 valence electrons. The van der Waals surface area contributed by atoms with Gasteiger partial charge in [-0.25, -0.2) is 4.98 Å². The summed E-state index contributed by atoms with van der Waals surface area (Å²) in [5.41, 5.74) is 8.21. The first-order chi connectivity index (χ1) is 10.7. The molecule has 0 aliphatic heterocycles. The lowest BCUT2D eigenvalue weighted by Gasteiger charge is -2.10. The normalized spacial score (nSPS) is 15.1. The van der Waals surface area contributed by atoms with Gasteiger partial charge in [-0.3, -0.25) is 4.79 Å². The Morgan fingerprint density at radius 1 is 1.36 bits per heavy atom. The summed E-state index contributed by atoms with van der Waals surface area (Å²) >= 11 is 0. The third kappa shape index (κ3) is 3.67. The van der Waals surface area contributed by atoms with Gasteiger partial charge in [-0.05, 0) is 24.5 Å². The third-order valence-corrected chi connectivity index (χ3v) is 4.31. The van der Waals surface area contributed by atoms with Crippen LogP contribution in [0.4, 0.5) is 11.6 Å². The zero-order valence-corrected chi connectivity index (χ0v) is 12.6. The minimum absolute atomic E-state index is 0.0909. The van der Waals surface area contributed by atoms with Crippen LogP contribution in [0.1, 0.15) is 38.5 Å². The maximum Gasteiger partial charge on any atom is 0.224 e. The highest BCUT2D eigenvalue weighted by Crippen LogP contribution is 2.28. The zero-order valence-electron chi connectivity index (χ0n) is 12.6. The number of carbonyl (C=O) groups is 1. The van der Waals surface area contributed by atoms with Crippen LogP contribution >= 0.6 is 0 Å². The van der Waals surface area contributed by atoms with E-state index in [1.54, 1.807) is 6.20 Å². The Kier molecular flexibility index (Phi) is 4.42. The molecule has 1 amide bonds. The molecule has 5 heteroatoms. The predicted molar refractivity (Wildman–Crippen MR) is 88.3 cm³/mol. The molecular weight excluding hydrogens is 276 g/mol. The van der Waals surface area contributed by atoms with E-state index in [0.29, 0.717) is 12.4 Å². The highest BCUT2D eigenvalue weighted by molar-refractivity contribution is 5.91. The largest absolute Gasteiger partial charge is 0.369 e. The number of anilines is 2. The molecule has 1 aliphatic rings. The number of carbonyl (C=O) groups excluding carboxylic acids is 1. The molecule has 1 aromatic carbocycles. The van der Waals surface area contributed by atoms with E-state index in [-0.39, 0.29) is 5.91 Å². The molecule has 2 aromatic rings. The van der Waals surface area contributed by atoms with Crippen LogP contribution in [0.2, 0.25) is 0 Å². The van der Waals surface area contributed by atoms with Gasteiger partial charge < -0.3 is 16.0 Å². The van der Waals surface area contributed by atoms with Gasteiger partial charge in [0.2, 0.25) is 5.91 Å². The molecule has 3 rings (SSSR count). The second-order valence-corrected chi connectivity index (χ2v) is 6.00. The van der Waals surface area contributed by atoms with Gasteiger partial charge in [0.25, 0.3) is 0 Å². The summed E-state index contributed by atoms with van der Waals surface area (Å²) in [4.78, 5) is 19.1. The Morgan fingerprint density at radius 2 is 2.18 bits per heavy atom. The van der Waals surface area contributed by atoms with Gasteiger partial charge in [-0.2, -0.15) is 0 Å². The number of hydrogen-bond donors (Lipinski definition) is 3. The fourth-order valence-electron chi connectivity index (χ4n) is 3.11. The SMILES string of the molecule is Nc1ncc(-c2cccc(NC(=O)CCC3CCCC3)c2)[nH]1. The number of nitrogens with two attached hydrogens (primary N) is 1. The predicted octanol–water partition coefficient (Wildman–Crippen LogP) is 3.57. The summed E-state index contributed by atoms with van der Waals surface area (Å²) in [7, 11) is 0. The van der Waals surface area contributed by atoms with Gasteiger partial charge in [-0.1, -0.05) is 37.8 Å². The van der Waals surface area contributed by atoms with E-state index in [0.717, 1.165) is 29.3 Å². The van der Waals surface area contributed by atoms with Gasteiger partial charge in [-0.15, -0.1) is 0 Å². The molecule has 1 aliphatic carbocycles. The van der Waals surface area contributed by atoms with Gasteiger partial charge >= 0.3 is 0 Å². The van der Waals surface area contributed by atoms with E-state index >= 15 is 0 Å². The fraction of sp³-hybridized carbons (Fsp3) is 0.412. The molecule has 1 saturated carbocycles. The first kappa shape index (κ1) is 14.6. The molecule has 4 N–H and O–H groups in total. The number of hydrogen-bond acceptors (Lipinski definition) is 3. The van der Waals surface area contributed by atoms with Crippen LogP contribution in [0.15, 0.2) is 30.5 Å². The number of aromatic nitrogens is 2. The van der Waals surface area contributed by atoms with Crippen molar-refractivity contribution in [2.45, 2.75) is 38.5 Å². The lowest BCUT2D eigenvalue weighted by Crippen LogP contribution is -2.12. The smallest absolute Gasteiger partial charge is 0.224 e. The van der Waals surface area contributed by atoms with E-state index in [9.17, 15) is 4.79 Å². The van der Waals surface area contributed by atoms with E-state index < -0.39 is 0 Å². The quantitative estimate of drug-likeness (QED) is 0.789. The third-order valence-electron chi connectivity index (χ3n) is 4.31. The van der Waals surface area contributed by atoms with Crippen molar-refractivity contribution in [1.29, 1.82) is 0 Å². The maximum atomic E-state index is 12.1. The average molecular weight is 298 g/mol. The molecule has 0 atom stereocenters. The van der Waals surface area contributed by atoms with Gasteiger partial charge in [0.05, 0.1) is 11.9 Å². The number of H-pyrrole nitrogens is 1. The topological polar surface area (TPSA) is 83.8 Å². The van der Waals surface area contributed by atoms with Crippen LogP contribution in [0, 0.1) is 5.92 Å². The molecular formula is C17H22N4O. The second kappa shape index (κ2) is 6.64. The summed E-state index contributed by atoms with van der Waals surface area (Å²) in [6.07, 6.45) is 8.50. The summed E-state index contributed by atoms with van der Waals surface area (Å²) in [6, 6.07) is 7.71. The van der Waals surface area contributed by atoms with Crippen molar-refractivity contribution < 1.29 is 4.79 Å². The number of benzene rings is 1. The second-order valence-electron chi connectivity index (χ2n) is 6.00. The highest BCUT2D eigenvalue weighted by Gasteiger charge is 2.16. The first-order valence-corrected chi connectivity index (χ1v) is 7.91. The van der Waals surface area contributed by atoms with E-state index in [2.05, 4.69) is 15.3 Å². The van der Waals surface area contributed by atoms with Crippen LogP contribution in [-0.2, 0) is 4.79 Å². The summed E-state index contributed by atoms with van der Waals surface area (Å²) in [5.74, 6) is 1.22. The Balaban J connectivity index is 1.58. The van der Waals surface area contributed by atoms with Gasteiger partial charge in [0, 0.05) is 17.7 Å². The Morgan fingerprint density at radius 3 is 2.91 bits per heavy atom. The maximum absolute atomic E-state index is 12.1. The molecule has 0 spiro atoms. The number of nitrogen functional groups attached to an aromatic ring is 1. The molecule has 0 saturated heterocycles. The monoisotopic (exact) mass is 298 g/mol. The highest BCUT2D eigenvalue weighted by atomic mass is 16.1. The Hall–Kier alpha value is -2.30. The molecule has 0 unspecified atom stereocenters. The summed E-state index contributed by atoms with van der Waals surface area (Å²) in [5, 5.41) is 2.98. The van der Waals surface area contributed by atoms with Crippen molar-refractivity contribution in [2.24, 2.45) is 5.92 Å². The van der Waals surface area contributed by atoms with Crippen LogP contribution in [0.5, 0.6) is 0 Å². The number of imidazole rings is 1. The van der Waals surface area contributed by atoms with Crippen LogP contribution in [-0.4, -0.2) is 15.9 Å². The minimum atomic E-state index is 0.0909. The van der Waals surface area contributed by atoms with Gasteiger partial charge in [0.1, 0.15) is 0 Å². The number of nitrogens with zero attached hydrogens (tertiary/aromatic N) is 1. The van der Waals surface area contributed by atoms with E-state index in [1.807, 2.05) is 24.3 Å². The number of nitrogens with one attached hydrogen (secondary N) is 2. The molecule has 0 radical (unpaired) electrons. The lowest BCUT2D eigenvalue weighted by molar-refractivity contribution is -0.116. The Bertz CT molecular complexity index is 644. The fourth-order valence-corrected chi connectivity index (χ4v) is 3.11. The molecule has 1 heterocycles. The van der Waals surface area contributed by atoms with Crippen LogP contribution in [0.3, 0.4) is 0 Å². The van der Waals surface area contributed by atoms with E-state index in [4.69, 9.17) is 5.73 Å². The zero-order chi connectivity index (χ0) is 15.4. The van der Waals surface area contributed by atoms with Crippen LogP contribution < -0.4 is 11.1 Å². The van der Waals surface area contributed by atoms with Crippen molar-refractivity contribution in [1.82, 2.24) is 9.97 Å². The van der Waals surface area contributed by atoms with Gasteiger partial charge in [0.15, 0.2) is 5.95 Å². The van der Waals surface area contributed by atoms with Crippen molar-refractivity contribution in [3.63, 3.8) is 0 Å². The minimum Gasteiger partial charge on any atom is -0.369 e. The Labute approximate surface area is 130 Å². The molecule has 1 aromatic heterocycles. The van der Waals surface area contributed by atoms with Crippen LogP contribution in [0.25, 0.3) is 11.3 Å². The van der Waals surface area contributed by atoms with Crippen molar-refractivity contribution in [3.8, 4) is 11.3 Å². The molecule has 5 nitrogen and oxygen atoms in total. The van der Waals surface area contributed by atoms with Crippen molar-refractivity contribution >= 4 is 17.5 Å². The lowest BCUT2D eigenvalue weighted by atomic mass is 10.0. The molecule has 1 fully saturated rings. The van der Waals surface area contributed by atoms with Crippen molar-refractivity contribution in [2.75, 3.05) is 11.1 Å². The number of aromatic amines is 1. The number of rotatable bonds is 5. The summed E-state index contributed by atoms with van der Waals surface area (Å²) in [6.45, 7) is 0. The average Bonchev–Trinajstić information content (AvgIpc) is 3.17.